The predicted octanol–water partition coefficient (Wildman–Crippen LogP) is 1.97. The fraction of sp³-hybridized carbons (Fsp3) is 0.667. The molecule has 2 atom stereocenters. The summed E-state index contributed by atoms with van der Waals surface area (Å²) in [6, 6.07) is 1.61. The number of ether oxygens (including phenoxy) is 1. The molecule has 0 bridgehead atoms. The molecule has 1 aliphatic rings. The summed E-state index contributed by atoms with van der Waals surface area (Å²) in [5.41, 5.74) is 5.73. The zero-order valence-electron chi connectivity index (χ0n) is 11.4. The molecule has 1 aromatic rings. The lowest BCUT2D eigenvalue weighted by Crippen LogP contribution is -2.44. The van der Waals surface area contributed by atoms with Gasteiger partial charge in [0.05, 0.1) is 7.11 Å². The van der Waals surface area contributed by atoms with E-state index in [-0.39, 0.29) is 28.6 Å². The van der Waals surface area contributed by atoms with Crippen LogP contribution in [0.3, 0.4) is 0 Å². The molecule has 0 saturated heterocycles. The number of hydrogen-bond donors (Lipinski definition) is 2. The monoisotopic (exact) mass is 340 g/mol. The molecule has 8 heteroatoms. The highest BCUT2D eigenvalue weighted by molar-refractivity contribution is 7.91. The molecule has 1 saturated carbocycles. The number of sulfonamides is 1. The van der Waals surface area contributed by atoms with Crippen molar-refractivity contribution in [2.75, 3.05) is 13.7 Å². The van der Waals surface area contributed by atoms with Crippen LogP contribution in [0.15, 0.2) is 15.7 Å². The van der Waals surface area contributed by atoms with Crippen molar-refractivity contribution in [3.8, 4) is 5.75 Å². The third-order valence-corrected chi connectivity index (χ3v) is 6.51. The first kappa shape index (κ1) is 17.7. The fourth-order valence-electron chi connectivity index (χ4n) is 2.53. The zero-order chi connectivity index (χ0) is 13.9. The molecule has 0 amide bonds. The van der Waals surface area contributed by atoms with E-state index in [4.69, 9.17) is 10.5 Å². The molecular weight excluding hydrogens is 320 g/mol. The van der Waals surface area contributed by atoms with Crippen molar-refractivity contribution in [3.63, 3.8) is 0 Å². The largest absolute Gasteiger partial charge is 0.494 e. The molecule has 0 radical (unpaired) electrons. The van der Waals surface area contributed by atoms with E-state index in [9.17, 15) is 8.42 Å². The Morgan fingerprint density at radius 3 is 2.80 bits per heavy atom. The van der Waals surface area contributed by atoms with Crippen LogP contribution in [0, 0.1) is 5.92 Å². The summed E-state index contributed by atoms with van der Waals surface area (Å²) >= 11 is 1.17. The Kier molecular flexibility index (Phi) is 6.74. The molecule has 1 fully saturated rings. The second-order valence-electron chi connectivity index (χ2n) is 4.78. The Bertz CT molecular complexity index is 519. The summed E-state index contributed by atoms with van der Waals surface area (Å²) in [6.07, 6.45) is 4.02. The Morgan fingerprint density at radius 1 is 1.45 bits per heavy atom. The van der Waals surface area contributed by atoms with Crippen LogP contribution >= 0.6 is 23.7 Å². The number of hydrogen-bond acceptors (Lipinski definition) is 5. The average Bonchev–Trinajstić information content (AvgIpc) is 2.88. The average molecular weight is 341 g/mol. The summed E-state index contributed by atoms with van der Waals surface area (Å²) < 4.78 is 32.9. The van der Waals surface area contributed by atoms with E-state index in [1.54, 1.807) is 11.4 Å². The van der Waals surface area contributed by atoms with Crippen LogP contribution < -0.4 is 15.2 Å². The quantitative estimate of drug-likeness (QED) is 0.858. The van der Waals surface area contributed by atoms with Gasteiger partial charge in [0.25, 0.3) is 10.0 Å². The Balaban J connectivity index is 0.00000200. The highest BCUT2D eigenvalue weighted by atomic mass is 35.5. The normalized spacial score (nSPS) is 23.1. The maximum Gasteiger partial charge on any atom is 0.254 e. The molecule has 1 aliphatic carbocycles. The first-order valence-electron chi connectivity index (χ1n) is 6.42. The maximum absolute atomic E-state index is 12.4. The third-order valence-electron chi connectivity index (χ3n) is 3.58. The highest BCUT2D eigenvalue weighted by Crippen LogP contribution is 2.31. The molecule has 1 heterocycles. The summed E-state index contributed by atoms with van der Waals surface area (Å²) in [4.78, 5) is 0. The Labute approximate surface area is 130 Å². The van der Waals surface area contributed by atoms with Crippen LogP contribution in [0.4, 0.5) is 0 Å². The van der Waals surface area contributed by atoms with Crippen molar-refractivity contribution in [3.05, 3.63) is 11.4 Å². The molecule has 20 heavy (non-hydrogen) atoms. The van der Waals surface area contributed by atoms with Crippen LogP contribution in [0.2, 0.25) is 0 Å². The van der Waals surface area contributed by atoms with E-state index < -0.39 is 10.0 Å². The van der Waals surface area contributed by atoms with Crippen LogP contribution in [0.1, 0.15) is 25.7 Å². The number of methoxy groups -OCH3 is 1. The molecule has 3 N–H and O–H groups in total. The van der Waals surface area contributed by atoms with Crippen LogP contribution in [0.25, 0.3) is 0 Å². The van der Waals surface area contributed by atoms with Gasteiger partial charge in [-0.2, -0.15) is 0 Å². The van der Waals surface area contributed by atoms with Gasteiger partial charge in [0.2, 0.25) is 0 Å². The molecule has 116 valence electrons. The smallest absolute Gasteiger partial charge is 0.254 e. The van der Waals surface area contributed by atoms with E-state index in [0.717, 1.165) is 25.7 Å². The molecule has 0 spiro atoms. The first-order valence-corrected chi connectivity index (χ1v) is 8.78. The third kappa shape index (κ3) is 3.85. The van der Waals surface area contributed by atoms with Crippen molar-refractivity contribution in [1.29, 1.82) is 0 Å². The molecule has 5 nitrogen and oxygen atoms in total. The van der Waals surface area contributed by atoms with Crippen LogP contribution in [0.5, 0.6) is 5.75 Å². The lowest BCUT2D eigenvalue weighted by molar-refractivity contribution is 0.296. The second kappa shape index (κ2) is 7.61. The SMILES string of the molecule is COc1ccsc1S(=O)(=O)NC1CCCCC1CN.Cl. The van der Waals surface area contributed by atoms with Gasteiger partial charge >= 0.3 is 0 Å². The van der Waals surface area contributed by atoms with Gasteiger partial charge in [-0.15, -0.1) is 23.7 Å². The number of nitrogens with two attached hydrogens (primary N) is 1. The van der Waals surface area contributed by atoms with E-state index in [2.05, 4.69) is 4.72 Å². The summed E-state index contributed by atoms with van der Waals surface area (Å²) in [5, 5.41) is 1.72. The standard InChI is InChI=1S/C12H20N2O3S2.ClH/c1-17-11-6-7-18-12(11)19(15,16)14-10-5-3-2-4-9(10)8-13;/h6-7,9-10,14H,2-5,8,13H2,1H3;1H. The van der Waals surface area contributed by atoms with Crippen molar-refractivity contribution < 1.29 is 13.2 Å². The molecule has 0 aliphatic heterocycles. The van der Waals surface area contributed by atoms with Gasteiger partial charge < -0.3 is 10.5 Å². The maximum atomic E-state index is 12.4. The minimum absolute atomic E-state index is 0. The van der Waals surface area contributed by atoms with E-state index in [1.165, 1.54) is 18.4 Å². The topological polar surface area (TPSA) is 81.4 Å². The summed E-state index contributed by atoms with van der Waals surface area (Å²) in [6.45, 7) is 0.523. The Morgan fingerprint density at radius 2 is 2.15 bits per heavy atom. The van der Waals surface area contributed by atoms with Gasteiger partial charge in [-0.25, -0.2) is 13.1 Å². The van der Waals surface area contributed by atoms with E-state index in [1.807, 2.05) is 0 Å². The van der Waals surface area contributed by atoms with E-state index in [0.29, 0.717) is 12.3 Å². The number of rotatable bonds is 5. The summed E-state index contributed by atoms with van der Waals surface area (Å²) in [7, 11) is -2.04. The molecule has 0 aromatic carbocycles. The van der Waals surface area contributed by atoms with Gasteiger partial charge in [-0.3, -0.25) is 0 Å². The minimum atomic E-state index is -3.51. The van der Waals surface area contributed by atoms with Crippen LogP contribution in [-0.4, -0.2) is 28.1 Å². The van der Waals surface area contributed by atoms with Gasteiger partial charge in [0.1, 0.15) is 5.75 Å². The van der Waals surface area contributed by atoms with Crippen molar-refractivity contribution in [2.24, 2.45) is 11.7 Å². The number of halogens is 1. The highest BCUT2D eigenvalue weighted by Gasteiger charge is 2.30. The number of thiophene rings is 1. The van der Waals surface area contributed by atoms with Crippen molar-refractivity contribution in [1.82, 2.24) is 4.72 Å². The van der Waals surface area contributed by atoms with Gasteiger partial charge in [-0.1, -0.05) is 12.8 Å². The zero-order valence-corrected chi connectivity index (χ0v) is 13.8. The molecule has 1 aromatic heterocycles. The second-order valence-corrected chi connectivity index (χ2v) is 7.61. The minimum Gasteiger partial charge on any atom is -0.494 e. The first-order chi connectivity index (χ1) is 9.08. The molecular formula is C12H21ClN2O3S2. The van der Waals surface area contributed by atoms with Gasteiger partial charge in [-0.05, 0) is 36.8 Å². The fourth-order valence-corrected chi connectivity index (χ4v) is 5.16. The lowest BCUT2D eigenvalue weighted by Gasteiger charge is -2.30. The van der Waals surface area contributed by atoms with Gasteiger partial charge in [0.15, 0.2) is 4.21 Å². The van der Waals surface area contributed by atoms with Crippen molar-refractivity contribution >= 4 is 33.8 Å². The number of nitrogens with one attached hydrogen (secondary N) is 1. The Hall–Kier alpha value is -0.340. The molecule has 2 unspecified atom stereocenters. The van der Waals surface area contributed by atoms with Crippen LogP contribution in [-0.2, 0) is 10.0 Å². The van der Waals surface area contributed by atoms with Gasteiger partial charge in [0, 0.05) is 6.04 Å². The molecule has 2 rings (SSSR count). The van der Waals surface area contributed by atoms with E-state index >= 15 is 0 Å². The summed E-state index contributed by atoms with van der Waals surface area (Å²) in [5.74, 6) is 0.632. The predicted molar refractivity (Wildman–Crippen MR) is 83.2 cm³/mol. The lowest BCUT2D eigenvalue weighted by atomic mass is 9.85. The van der Waals surface area contributed by atoms with Crippen molar-refractivity contribution in [2.45, 2.75) is 35.9 Å².